The molecule has 0 fully saturated rings. The van der Waals surface area contributed by atoms with Crippen molar-refractivity contribution >= 4 is 21.8 Å². The third kappa shape index (κ3) is 6.14. The summed E-state index contributed by atoms with van der Waals surface area (Å²) in [5.41, 5.74) is 11.3. The standard InChI is InChI=1S/C49H40N4O/c1-34-44(36-16-9-6-10-17-36)28-37(35-14-7-5-8-15-35)29-46(34)52-27-26-51(33-52)39-18-13-19-40(31-39)54-41-22-23-43-42-20-11-12-21-45(42)53(47(43)32-41)48-30-38(24-25-50-48)49(2,3)4/h5-32H,1-4H3. The van der Waals surface area contributed by atoms with Crippen molar-refractivity contribution in [2.75, 3.05) is 0 Å². The summed E-state index contributed by atoms with van der Waals surface area (Å²) in [6.07, 6.45) is 9.60. The molecule has 0 saturated heterocycles. The highest BCUT2D eigenvalue weighted by Gasteiger charge is 2.19. The Morgan fingerprint density at radius 2 is 1.35 bits per heavy atom. The summed E-state index contributed by atoms with van der Waals surface area (Å²) >= 11 is 0. The van der Waals surface area contributed by atoms with E-state index in [4.69, 9.17) is 9.72 Å². The number of hydrogen-bond acceptors (Lipinski definition) is 2. The highest BCUT2D eigenvalue weighted by atomic mass is 16.5. The number of benzene rings is 6. The number of rotatable bonds is 7. The van der Waals surface area contributed by atoms with E-state index in [0.29, 0.717) is 0 Å². The molecule has 0 aliphatic carbocycles. The summed E-state index contributed by atoms with van der Waals surface area (Å²) < 4.78 is 12.9. The van der Waals surface area contributed by atoms with Gasteiger partial charge < -0.3 is 4.74 Å². The van der Waals surface area contributed by atoms with Crippen LogP contribution in [0.15, 0.2) is 170 Å². The van der Waals surface area contributed by atoms with Gasteiger partial charge in [0.15, 0.2) is 0 Å². The quantitative estimate of drug-likeness (QED) is 0.123. The zero-order valence-electron chi connectivity index (χ0n) is 30.9. The summed E-state index contributed by atoms with van der Waals surface area (Å²) in [4.78, 5) is 4.84. The van der Waals surface area contributed by atoms with Crippen molar-refractivity contribution in [1.29, 1.82) is 0 Å². The number of imidazole rings is 1. The first-order valence-electron chi connectivity index (χ1n) is 18.4. The normalized spacial score (nSPS) is 11.7. The lowest BCUT2D eigenvalue weighted by molar-refractivity contribution is -0.599. The first-order chi connectivity index (χ1) is 26.3. The number of nitrogens with zero attached hydrogens (tertiary/aromatic N) is 4. The minimum Gasteiger partial charge on any atom is -0.458 e. The SMILES string of the molecule is Cc1c(-c2ccccc2)cc(-c2ccccc2)cc1-[n+]1[c-]n(-c2cccc(Oc3ccc4c5ccccc5n(-c5cc(C(C)(C)C)ccn5)c4c3)c2)cc1. The van der Waals surface area contributed by atoms with Crippen molar-refractivity contribution in [2.24, 2.45) is 0 Å². The van der Waals surface area contributed by atoms with Crippen molar-refractivity contribution in [1.82, 2.24) is 14.1 Å². The van der Waals surface area contributed by atoms with E-state index in [1.807, 2.05) is 35.2 Å². The average molecular weight is 701 g/mol. The molecule has 5 nitrogen and oxygen atoms in total. The summed E-state index contributed by atoms with van der Waals surface area (Å²) in [5, 5.41) is 2.34. The van der Waals surface area contributed by atoms with Gasteiger partial charge in [0.05, 0.1) is 22.4 Å². The lowest BCUT2D eigenvalue weighted by atomic mass is 9.88. The van der Waals surface area contributed by atoms with Crippen LogP contribution < -0.4 is 9.30 Å². The van der Waals surface area contributed by atoms with Crippen molar-refractivity contribution < 1.29 is 9.30 Å². The van der Waals surface area contributed by atoms with Crippen LogP contribution in [0.4, 0.5) is 0 Å². The number of pyridine rings is 1. The number of fused-ring (bicyclic) bond motifs is 3. The Labute approximate surface area is 316 Å². The zero-order valence-corrected chi connectivity index (χ0v) is 30.9. The summed E-state index contributed by atoms with van der Waals surface area (Å²) in [6.45, 7) is 8.88. The Hall–Kier alpha value is -6.72. The van der Waals surface area contributed by atoms with Crippen LogP contribution in [0.5, 0.6) is 11.5 Å². The molecule has 9 aromatic rings. The Kier molecular flexibility index (Phi) is 8.20. The highest BCUT2D eigenvalue weighted by Crippen LogP contribution is 2.36. The van der Waals surface area contributed by atoms with Gasteiger partial charge in [-0.3, -0.25) is 13.7 Å². The third-order valence-corrected chi connectivity index (χ3v) is 10.2. The van der Waals surface area contributed by atoms with Crippen molar-refractivity contribution in [2.45, 2.75) is 33.1 Å². The van der Waals surface area contributed by atoms with E-state index in [9.17, 15) is 0 Å². The fraction of sp³-hybridized carbons (Fsp3) is 0.102. The molecule has 0 amide bonds. The van der Waals surface area contributed by atoms with E-state index in [2.05, 4.69) is 183 Å². The van der Waals surface area contributed by atoms with Gasteiger partial charge in [0.1, 0.15) is 17.3 Å². The van der Waals surface area contributed by atoms with E-state index in [0.717, 1.165) is 50.7 Å². The van der Waals surface area contributed by atoms with Crippen molar-refractivity contribution in [3.63, 3.8) is 0 Å². The number of ether oxygens (including phenoxy) is 1. The van der Waals surface area contributed by atoms with Gasteiger partial charge >= 0.3 is 0 Å². The molecule has 3 aromatic heterocycles. The fourth-order valence-corrected chi connectivity index (χ4v) is 7.36. The number of hydrogen-bond donors (Lipinski definition) is 0. The molecule has 3 heterocycles. The molecule has 0 saturated carbocycles. The second-order valence-electron chi connectivity index (χ2n) is 14.8. The number of para-hydroxylation sites is 1. The maximum absolute atomic E-state index is 6.59. The first kappa shape index (κ1) is 33.1. The maximum atomic E-state index is 6.59. The second-order valence-corrected chi connectivity index (χ2v) is 14.8. The molecule has 262 valence electrons. The molecule has 0 aliphatic heterocycles. The first-order valence-corrected chi connectivity index (χ1v) is 18.4. The van der Waals surface area contributed by atoms with Gasteiger partial charge in [0, 0.05) is 35.4 Å². The molecule has 9 rings (SSSR count). The molecular weight excluding hydrogens is 661 g/mol. The number of aromatic nitrogens is 4. The van der Waals surface area contributed by atoms with Crippen LogP contribution in [0.3, 0.4) is 0 Å². The fourth-order valence-electron chi connectivity index (χ4n) is 7.36. The molecule has 0 spiro atoms. The largest absolute Gasteiger partial charge is 0.458 e. The summed E-state index contributed by atoms with van der Waals surface area (Å²) in [6, 6.07) is 53.0. The zero-order chi connectivity index (χ0) is 36.8. The Morgan fingerprint density at radius 3 is 2.15 bits per heavy atom. The van der Waals surface area contributed by atoms with Gasteiger partial charge in [-0.25, -0.2) is 4.98 Å². The molecule has 0 aliphatic rings. The van der Waals surface area contributed by atoms with Crippen molar-refractivity contribution in [3.05, 3.63) is 188 Å². The van der Waals surface area contributed by atoms with E-state index < -0.39 is 0 Å². The molecule has 54 heavy (non-hydrogen) atoms. The van der Waals surface area contributed by atoms with Gasteiger partial charge in [-0.15, -0.1) is 0 Å². The van der Waals surface area contributed by atoms with E-state index in [-0.39, 0.29) is 5.41 Å². The molecule has 5 heteroatoms. The average Bonchev–Trinajstić information content (AvgIpc) is 3.82. The van der Waals surface area contributed by atoms with Crippen LogP contribution in [-0.2, 0) is 5.41 Å². The minimum absolute atomic E-state index is 0.00227. The van der Waals surface area contributed by atoms with Gasteiger partial charge in [-0.05, 0) is 106 Å². The second kappa shape index (κ2) is 13.4. The monoisotopic (exact) mass is 700 g/mol. The maximum Gasteiger partial charge on any atom is 0.268 e. The molecule has 0 radical (unpaired) electrons. The van der Waals surface area contributed by atoms with E-state index in [1.165, 1.54) is 33.2 Å². The van der Waals surface area contributed by atoms with Crippen LogP contribution in [0.25, 0.3) is 61.3 Å². The Morgan fingerprint density at radius 1 is 0.630 bits per heavy atom. The minimum atomic E-state index is 0.00227. The predicted octanol–water partition coefficient (Wildman–Crippen LogP) is 11.8. The van der Waals surface area contributed by atoms with Crippen LogP contribution in [0.1, 0.15) is 31.9 Å². The molecule has 6 aromatic carbocycles. The van der Waals surface area contributed by atoms with Gasteiger partial charge in [0.25, 0.3) is 6.33 Å². The Bertz CT molecular complexity index is 2790. The van der Waals surface area contributed by atoms with Gasteiger partial charge in [-0.1, -0.05) is 106 Å². The summed E-state index contributed by atoms with van der Waals surface area (Å²) in [7, 11) is 0. The highest BCUT2D eigenvalue weighted by molar-refractivity contribution is 6.09. The Balaban J connectivity index is 1.07. The topological polar surface area (TPSA) is 35.9 Å². The van der Waals surface area contributed by atoms with Crippen LogP contribution in [0, 0.1) is 13.3 Å². The third-order valence-electron chi connectivity index (χ3n) is 10.2. The van der Waals surface area contributed by atoms with Crippen LogP contribution in [0.2, 0.25) is 0 Å². The van der Waals surface area contributed by atoms with E-state index in [1.54, 1.807) is 0 Å². The van der Waals surface area contributed by atoms with Gasteiger partial charge in [-0.2, -0.15) is 0 Å². The molecule has 0 unspecified atom stereocenters. The van der Waals surface area contributed by atoms with E-state index >= 15 is 0 Å². The molecular formula is C49H40N4O. The molecule has 0 N–H and O–H groups in total. The van der Waals surface area contributed by atoms with Crippen LogP contribution >= 0.6 is 0 Å². The molecule has 0 atom stereocenters. The summed E-state index contributed by atoms with van der Waals surface area (Å²) in [5.74, 6) is 2.39. The van der Waals surface area contributed by atoms with Crippen LogP contribution in [-0.4, -0.2) is 14.1 Å². The lowest BCUT2D eigenvalue weighted by Crippen LogP contribution is -2.29. The predicted molar refractivity (Wildman–Crippen MR) is 219 cm³/mol. The lowest BCUT2D eigenvalue weighted by Gasteiger charge is -2.20. The van der Waals surface area contributed by atoms with Crippen molar-refractivity contribution in [3.8, 4) is 50.9 Å². The molecule has 0 bridgehead atoms. The van der Waals surface area contributed by atoms with Gasteiger partial charge in [0.2, 0.25) is 0 Å². The smallest absolute Gasteiger partial charge is 0.268 e.